The highest BCUT2D eigenvalue weighted by Crippen LogP contribution is 2.25. The molecule has 0 saturated carbocycles. The van der Waals surface area contributed by atoms with E-state index in [2.05, 4.69) is 20.1 Å². The molecule has 0 bridgehead atoms. The van der Waals surface area contributed by atoms with Crippen molar-refractivity contribution < 1.29 is 9.59 Å². The monoisotopic (exact) mass is 490 g/mol. The molecule has 14 nitrogen and oxygen atoms in total. The number of azide groups is 2. The number of carbonyl (C=O) groups excluding carboxylic acids is 2. The van der Waals surface area contributed by atoms with Crippen molar-refractivity contribution >= 4 is 33.4 Å². The van der Waals surface area contributed by atoms with E-state index in [0.29, 0.717) is 56.8 Å². The Morgan fingerprint density at radius 1 is 0.781 bits per heavy atom. The largest absolute Gasteiger partial charge is 0.330 e. The molecular formula is C16H34N12O2S2. The summed E-state index contributed by atoms with van der Waals surface area (Å²) >= 11 is 0. The number of nitrogens with zero attached hydrogens (tertiary/aromatic N) is 7. The number of carbonyl (C=O) groups is 2. The molecule has 0 aliphatic rings. The van der Waals surface area contributed by atoms with Crippen LogP contribution in [-0.4, -0.2) is 65.7 Å². The summed E-state index contributed by atoms with van der Waals surface area (Å²) in [5, 5.41) is 6.95. The molecule has 0 aromatic carbocycles. The van der Waals surface area contributed by atoms with E-state index in [1.165, 1.54) is 21.6 Å². The zero-order valence-corrected chi connectivity index (χ0v) is 19.8. The smallest absolute Gasteiger partial charge is 0.255 e. The number of amides is 2. The number of nitrogens with two attached hydrogens (primary N) is 5. The maximum absolute atomic E-state index is 13.3. The van der Waals surface area contributed by atoms with Crippen molar-refractivity contribution in [1.29, 1.82) is 0 Å². The fourth-order valence-corrected chi connectivity index (χ4v) is 4.50. The quantitative estimate of drug-likeness (QED) is 0.0598. The summed E-state index contributed by atoms with van der Waals surface area (Å²) in [5.74, 6) is -0.803. The molecule has 0 fully saturated rings. The van der Waals surface area contributed by atoms with Gasteiger partial charge in [0, 0.05) is 34.4 Å². The first-order chi connectivity index (χ1) is 15.3. The average molecular weight is 491 g/mol. The molecule has 2 unspecified atom stereocenters. The Hall–Kier alpha value is -1.74. The van der Waals surface area contributed by atoms with Gasteiger partial charge in [0.1, 0.15) is 0 Å². The van der Waals surface area contributed by atoms with Gasteiger partial charge in [0.05, 0.1) is 0 Å². The Kier molecular flexibility index (Phi) is 15.9. The Labute approximate surface area is 195 Å². The Morgan fingerprint density at radius 2 is 1.22 bits per heavy atom. The van der Waals surface area contributed by atoms with Gasteiger partial charge in [-0.25, -0.2) is 0 Å². The average Bonchev–Trinajstić information content (AvgIpc) is 2.76. The van der Waals surface area contributed by atoms with Crippen molar-refractivity contribution in [1.82, 2.24) is 4.90 Å². The summed E-state index contributed by atoms with van der Waals surface area (Å²) in [7, 11) is 2.88. The predicted molar refractivity (Wildman–Crippen MR) is 129 cm³/mol. The van der Waals surface area contributed by atoms with E-state index in [1.807, 2.05) is 0 Å². The number of imide groups is 1. The van der Waals surface area contributed by atoms with E-state index < -0.39 is 23.1 Å². The predicted octanol–water partition coefficient (Wildman–Crippen LogP) is 0.870. The normalized spacial score (nSPS) is 14.4. The Bertz CT molecular complexity index is 636. The van der Waals surface area contributed by atoms with Gasteiger partial charge in [0.2, 0.25) is 0 Å². The fraction of sp³-hybridized carbons (Fsp3) is 0.875. The topological polar surface area (TPSA) is 265 Å². The molecule has 0 heterocycles. The van der Waals surface area contributed by atoms with Crippen molar-refractivity contribution in [2.75, 3.05) is 37.7 Å². The second-order valence-electron chi connectivity index (χ2n) is 6.91. The summed E-state index contributed by atoms with van der Waals surface area (Å²) in [6.45, 7) is 1.13. The molecule has 0 aliphatic heterocycles. The first kappa shape index (κ1) is 30.3. The third-order valence-electron chi connectivity index (χ3n) is 4.38. The minimum absolute atomic E-state index is 0.0157. The Balaban J connectivity index is 5.92. The molecule has 32 heavy (non-hydrogen) atoms. The van der Waals surface area contributed by atoms with Crippen molar-refractivity contribution in [3.63, 3.8) is 0 Å². The van der Waals surface area contributed by atoms with Gasteiger partial charge in [-0.15, -0.1) is 0 Å². The van der Waals surface area contributed by atoms with E-state index in [0.717, 1.165) is 4.90 Å². The van der Waals surface area contributed by atoms with Crippen LogP contribution in [0.25, 0.3) is 20.9 Å². The second-order valence-corrected chi connectivity index (χ2v) is 9.62. The van der Waals surface area contributed by atoms with Crippen LogP contribution in [0.5, 0.6) is 0 Å². The molecule has 2 amide bonds. The molecule has 0 aliphatic carbocycles. The summed E-state index contributed by atoms with van der Waals surface area (Å²) in [6.07, 6.45) is 1.87. The van der Waals surface area contributed by atoms with Gasteiger partial charge < -0.3 is 28.7 Å². The fourth-order valence-electron chi connectivity index (χ4n) is 2.69. The summed E-state index contributed by atoms with van der Waals surface area (Å²) in [4.78, 5) is 32.9. The standard InChI is InChI=1S/C16H34N12O2S2/c17-7-3-1-5-15(20,24-26-22)13(29)28(10-12-32-31-11-9-19)14(30)16(21,25-27-23)6-2-4-8-18/h1-12,17-21H2. The van der Waals surface area contributed by atoms with Gasteiger partial charge in [-0.3, -0.25) is 14.5 Å². The molecule has 0 rings (SSSR count). The molecule has 0 aromatic rings. The van der Waals surface area contributed by atoms with E-state index in [-0.39, 0.29) is 19.4 Å². The van der Waals surface area contributed by atoms with Crippen LogP contribution in [-0.2, 0) is 9.59 Å². The van der Waals surface area contributed by atoms with Crippen molar-refractivity contribution in [3.05, 3.63) is 20.9 Å². The first-order valence-corrected chi connectivity index (χ1v) is 12.7. The van der Waals surface area contributed by atoms with Gasteiger partial charge >= 0.3 is 0 Å². The van der Waals surface area contributed by atoms with Gasteiger partial charge in [-0.05, 0) is 62.7 Å². The summed E-state index contributed by atoms with van der Waals surface area (Å²) in [6, 6.07) is 0. The van der Waals surface area contributed by atoms with E-state index in [4.69, 9.17) is 39.7 Å². The molecule has 2 atom stereocenters. The lowest BCUT2D eigenvalue weighted by Crippen LogP contribution is -2.62. The lowest BCUT2D eigenvalue weighted by Gasteiger charge is -2.34. The van der Waals surface area contributed by atoms with Crippen LogP contribution in [0.3, 0.4) is 0 Å². The highest BCUT2D eigenvalue weighted by Gasteiger charge is 2.44. The van der Waals surface area contributed by atoms with E-state index in [9.17, 15) is 9.59 Å². The molecule has 182 valence electrons. The van der Waals surface area contributed by atoms with Crippen molar-refractivity contribution in [2.45, 2.75) is 49.9 Å². The third kappa shape index (κ3) is 10.3. The molecule has 0 radical (unpaired) electrons. The van der Waals surface area contributed by atoms with Gasteiger partial charge in [0.25, 0.3) is 11.8 Å². The number of hydrogen-bond acceptors (Lipinski definition) is 11. The van der Waals surface area contributed by atoms with Crippen molar-refractivity contribution in [2.24, 2.45) is 38.9 Å². The number of hydrogen-bond donors (Lipinski definition) is 5. The van der Waals surface area contributed by atoms with Gasteiger partial charge in [-0.1, -0.05) is 31.8 Å². The van der Waals surface area contributed by atoms with Crippen LogP contribution in [0.15, 0.2) is 10.2 Å². The van der Waals surface area contributed by atoms with Crippen LogP contribution in [0.2, 0.25) is 0 Å². The van der Waals surface area contributed by atoms with Crippen LogP contribution >= 0.6 is 21.6 Å². The number of rotatable bonds is 18. The minimum atomic E-state index is -2.01. The lowest BCUT2D eigenvalue weighted by atomic mass is 9.99. The molecule has 0 aromatic heterocycles. The summed E-state index contributed by atoms with van der Waals surface area (Å²) < 4.78 is 0. The lowest BCUT2D eigenvalue weighted by molar-refractivity contribution is -0.151. The zero-order chi connectivity index (χ0) is 24.5. The van der Waals surface area contributed by atoms with Crippen LogP contribution in [0, 0.1) is 0 Å². The highest BCUT2D eigenvalue weighted by molar-refractivity contribution is 8.76. The molecule has 0 saturated heterocycles. The van der Waals surface area contributed by atoms with E-state index in [1.54, 1.807) is 0 Å². The van der Waals surface area contributed by atoms with Crippen LogP contribution in [0.1, 0.15) is 38.5 Å². The second kappa shape index (κ2) is 16.8. The van der Waals surface area contributed by atoms with Gasteiger partial charge in [0.15, 0.2) is 11.3 Å². The first-order valence-electron chi connectivity index (χ1n) is 10.2. The SMILES string of the molecule is [N-]=[N+]=NC(N)(CCCCN)C(=O)N(CCSSCCN)C(=O)C(N)(CCCCN)N=[N+]=[N-]. The van der Waals surface area contributed by atoms with Crippen LogP contribution < -0.4 is 28.7 Å². The zero-order valence-electron chi connectivity index (χ0n) is 18.1. The third-order valence-corrected chi connectivity index (χ3v) is 6.80. The highest BCUT2D eigenvalue weighted by atomic mass is 33.1. The molecule has 16 heteroatoms. The molecular weight excluding hydrogens is 456 g/mol. The van der Waals surface area contributed by atoms with E-state index >= 15 is 0 Å². The van der Waals surface area contributed by atoms with Gasteiger partial charge in [-0.2, -0.15) is 0 Å². The maximum Gasteiger partial charge on any atom is 0.255 e. The van der Waals surface area contributed by atoms with Crippen molar-refractivity contribution in [3.8, 4) is 0 Å². The Morgan fingerprint density at radius 3 is 1.59 bits per heavy atom. The number of unbranched alkanes of at least 4 members (excludes halogenated alkanes) is 2. The summed E-state index contributed by atoms with van der Waals surface area (Å²) in [5.41, 5.74) is 42.6. The molecule has 10 N–H and O–H groups in total. The maximum atomic E-state index is 13.3. The minimum Gasteiger partial charge on any atom is -0.330 e. The molecule has 0 spiro atoms. The van der Waals surface area contributed by atoms with Crippen LogP contribution in [0.4, 0.5) is 0 Å².